The van der Waals surface area contributed by atoms with Gasteiger partial charge in [0.25, 0.3) is 5.91 Å². The van der Waals surface area contributed by atoms with E-state index in [9.17, 15) is 13.6 Å². The van der Waals surface area contributed by atoms with Gasteiger partial charge in [-0.05, 0) is 43.9 Å². The summed E-state index contributed by atoms with van der Waals surface area (Å²) < 4.78 is 28.0. The van der Waals surface area contributed by atoms with E-state index in [0.29, 0.717) is 12.1 Å². The molecule has 2 rings (SSSR count). The van der Waals surface area contributed by atoms with E-state index in [0.717, 1.165) is 5.56 Å². The van der Waals surface area contributed by atoms with Gasteiger partial charge in [-0.25, -0.2) is 8.78 Å². The molecular weight excluding hydrogens is 312 g/mol. The van der Waals surface area contributed by atoms with Crippen LogP contribution in [-0.2, 0) is 6.54 Å². The average molecular weight is 333 g/mol. The Balaban J connectivity index is 2.12. The molecule has 1 atom stereocenters. The van der Waals surface area contributed by atoms with Crippen LogP contribution in [0.5, 0.6) is 0 Å². The van der Waals surface area contributed by atoms with Crippen molar-refractivity contribution >= 4 is 5.91 Å². The predicted molar refractivity (Wildman–Crippen MR) is 89.5 cm³/mol. The van der Waals surface area contributed by atoms with E-state index in [-0.39, 0.29) is 18.0 Å². The SMILES string of the molecule is CN(C)C(CNC(=O)c1ccc(CN)cc1)c1c(F)cccc1F. The van der Waals surface area contributed by atoms with Crippen LogP contribution in [0.15, 0.2) is 42.5 Å². The fourth-order valence-corrected chi connectivity index (χ4v) is 2.46. The van der Waals surface area contributed by atoms with Crippen molar-refractivity contribution in [3.8, 4) is 0 Å². The van der Waals surface area contributed by atoms with Gasteiger partial charge in [-0.15, -0.1) is 0 Å². The van der Waals surface area contributed by atoms with E-state index in [1.54, 1.807) is 43.3 Å². The Labute approximate surface area is 140 Å². The molecule has 0 heterocycles. The monoisotopic (exact) mass is 333 g/mol. The van der Waals surface area contributed by atoms with Gasteiger partial charge in [0.05, 0.1) is 6.04 Å². The second-order valence-corrected chi connectivity index (χ2v) is 5.73. The van der Waals surface area contributed by atoms with E-state index in [1.807, 2.05) is 0 Å². The number of benzene rings is 2. The number of likely N-dealkylation sites (N-methyl/N-ethyl adjacent to an activating group) is 1. The van der Waals surface area contributed by atoms with E-state index in [2.05, 4.69) is 5.32 Å². The summed E-state index contributed by atoms with van der Waals surface area (Å²) in [5.41, 5.74) is 6.86. The highest BCUT2D eigenvalue weighted by molar-refractivity contribution is 5.94. The number of hydrogen-bond donors (Lipinski definition) is 2. The molecule has 0 spiro atoms. The molecule has 3 N–H and O–H groups in total. The second kappa shape index (κ2) is 7.99. The first-order chi connectivity index (χ1) is 11.4. The van der Waals surface area contributed by atoms with Crippen LogP contribution in [0.4, 0.5) is 8.78 Å². The molecule has 1 unspecified atom stereocenters. The summed E-state index contributed by atoms with van der Waals surface area (Å²) in [7, 11) is 3.41. The predicted octanol–water partition coefficient (Wildman–Crippen LogP) is 2.46. The van der Waals surface area contributed by atoms with Gasteiger partial charge in [-0.3, -0.25) is 4.79 Å². The second-order valence-electron chi connectivity index (χ2n) is 5.73. The minimum Gasteiger partial charge on any atom is -0.350 e. The van der Waals surface area contributed by atoms with Crippen LogP contribution in [0.2, 0.25) is 0 Å². The summed E-state index contributed by atoms with van der Waals surface area (Å²) in [6, 6.07) is 10.0. The number of carbonyl (C=O) groups excluding carboxylic acids is 1. The maximum atomic E-state index is 14.0. The van der Waals surface area contributed by atoms with Crippen LogP contribution in [0.1, 0.15) is 27.5 Å². The highest BCUT2D eigenvalue weighted by atomic mass is 19.1. The molecule has 24 heavy (non-hydrogen) atoms. The van der Waals surface area contributed by atoms with E-state index < -0.39 is 17.7 Å². The van der Waals surface area contributed by atoms with E-state index >= 15 is 0 Å². The molecule has 0 radical (unpaired) electrons. The molecule has 0 aromatic heterocycles. The van der Waals surface area contributed by atoms with Crippen LogP contribution in [0.3, 0.4) is 0 Å². The maximum absolute atomic E-state index is 14.0. The number of halogens is 2. The van der Waals surface area contributed by atoms with E-state index in [4.69, 9.17) is 5.73 Å². The summed E-state index contributed by atoms with van der Waals surface area (Å²) in [6.07, 6.45) is 0. The lowest BCUT2D eigenvalue weighted by Crippen LogP contribution is -2.35. The van der Waals surface area contributed by atoms with Gasteiger partial charge < -0.3 is 16.0 Å². The summed E-state index contributed by atoms with van der Waals surface area (Å²) in [5, 5.41) is 2.73. The third-order valence-corrected chi connectivity index (χ3v) is 3.86. The number of nitrogens with zero attached hydrogens (tertiary/aromatic N) is 1. The molecule has 128 valence electrons. The molecule has 4 nitrogen and oxygen atoms in total. The Hall–Kier alpha value is -2.31. The van der Waals surface area contributed by atoms with Crippen LogP contribution in [0.25, 0.3) is 0 Å². The van der Waals surface area contributed by atoms with Crippen LogP contribution >= 0.6 is 0 Å². The van der Waals surface area contributed by atoms with Gasteiger partial charge in [-0.1, -0.05) is 18.2 Å². The molecule has 0 bridgehead atoms. The Morgan fingerprint density at radius 2 is 1.71 bits per heavy atom. The van der Waals surface area contributed by atoms with E-state index in [1.165, 1.54) is 18.2 Å². The number of amides is 1. The summed E-state index contributed by atoms with van der Waals surface area (Å²) in [5.74, 6) is -1.56. The lowest BCUT2D eigenvalue weighted by Gasteiger charge is -2.25. The van der Waals surface area contributed by atoms with Crippen molar-refractivity contribution in [3.05, 3.63) is 70.8 Å². The summed E-state index contributed by atoms with van der Waals surface area (Å²) >= 11 is 0. The highest BCUT2D eigenvalue weighted by Gasteiger charge is 2.22. The van der Waals surface area contributed by atoms with Crippen molar-refractivity contribution in [1.82, 2.24) is 10.2 Å². The molecule has 2 aromatic carbocycles. The topological polar surface area (TPSA) is 58.4 Å². The van der Waals surface area contributed by atoms with Crippen molar-refractivity contribution in [2.24, 2.45) is 5.73 Å². The third-order valence-electron chi connectivity index (χ3n) is 3.86. The van der Waals surface area contributed by atoms with Gasteiger partial charge in [0.15, 0.2) is 0 Å². The first kappa shape index (κ1) is 18.0. The zero-order valence-electron chi connectivity index (χ0n) is 13.7. The van der Waals surface area contributed by atoms with Crippen molar-refractivity contribution in [1.29, 1.82) is 0 Å². The molecule has 0 aliphatic heterocycles. The Morgan fingerprint density at radius 1 is 1.12 bits per heavy atom. The first-order valence-electron chi connectivity index (χ1n) is 7.61. The molecule has 0 saturated carbocycles. The van der Waals surface area contributed by atoms with Gasteiger partial charge in [0.2, 0.25) is 0 Å². The average Bonchev–Trinajstić information content (AvgIpc) is 2.57. The largest absolute Gasteiger partial charge is 0.350 e. The maximum Gasteiger partial charge on any atom is 0.251 e. The standard InChI is InChI=1S/C18H21F2N3O/c1-23(2)16(17-14(19)4-3-5-15(17)20)11-22-18(24)13-8-6-12(10-21)7-9-13/h3-9,16H,10-11,21H2,1-2H3,(H,22,24). The first-order valence-corrected chi connectivity index (χ1v) is 7.61. The molecule has 0 aliphatic carbocycles. The molecule has 6 heteroatoms. The molecule has 0 aliphatic rings. The molecule has 0 fully saturated rings. The van der Waals surface area contributed by atoms with Crippen molar-refractivity contribution in [2.75, 3.05) is 20.6 Å². The molecule has 0 saturated heterocycles. The van der Waals surface area contributed by atoms with Gasteiger partial charge >= 0.3 is 0 Å². The fourth-order valence-electron chi connectivity index (χ4n) is 2.46. The smallest absolute Gasteiger partial charge is 0.251 e. The Morgan fingerprint density at radius 3 is 2.21 bits per heavy atom. The zero-order valence-corrected chi connectivity index (χ0v) is 13.7. The van der Waals surface area contributed by atoms with Gasteiger partial charge in [0.1, 0.15) is 11.6 Å². The van der Waals surface area contributed by atoms with Crippen LogP contribution in [0, 0.1) is 11.6 Å². The zero-order chi connectivity index (χ0) is 17.7. The molecule has 1 amide bonds. The lowest BCUT2D eigenvalue weighted by atomic mass is 10.0. The van der Waals surface area contributed by atoms with Crippen LogP contribution in [-0.4, -0.2) is 31.4 Å². The van der Waals surface area contributed by atoms with Gasteiger partial charge in [-0.2, -0.15) is 0 Å². The fraction of sp³-hybridized carbons (Fsp3) is 0.278. The molecule has 2 aromatic rings. The number of nitrogens with one attached hydrogen (secondary N) is 1. The summed E-state index contributed by atoms with van der Waals surface area (Å²) in [6.45, 7) is 0.486. The Kier molecular flexibility index (Phi) is 6.00. The number of nitrogens with two attached hydrogens (primary N) is 1. The van der Waals surface area contributed by atoms with Crippen LogP contribution < -0.4 is 11.1 Å². The minimum atomic E-state index is -0.629. The third kappa shape index (κ3) is 4.15. The number of hydrogen-bond acceptors (Lipinski definition) is 3. The lowest BCUT2D eigenvalue weighted by molar-refractivity contribution is 0.0940. The number of carbonyl (C=O) groups is 1. The van der Waals surface area contributed by atoms with Crippen molar-refractivity contribution in [2.45, 2.75) is 12.6 Å². The normalized spacial score (nSPS) is 12.2. The number of rotatable bonds is 6. The van der Waals surface area contributed by atoms with Crippen molar-refractivity contribution in [3.63, 3.8) is 0 Å². The molecular formula is C18H21F2N3O. The van der Waals surface area contributed by atoms with Crippen molar-refractivity contribution < 1.29 is 13.6 Å². The van der Waals surface area contributed by atoms with Gasteiger partial charge in [0, 0.05) is 24.2 Å². The summed E-state index contributed by atoms with van der Waals surface area (Å²) in [4.78, 5) is 13.9. The minimum absolute atomic E-state index is 0.0544. The highest BCUT2D eigenvalue weighted by Crippen LogP contribution is 2.24. The Bertz CT molecular complexity index is 682. The quantitative estimate of drug-likeness (QED) is 0.854.